The normalized spacial score (nSPS) is 13.7. The molecule has 128 valence electrons. The maximum atomic E-state index is 12.9. The van der Waals surface area contributed by atoms with Gasteiger partial charge in [0.1, 0.15) is 12.3 Å². The number of hydrogen-bond donors (Lipinski definition) is 1. The number of aldehydes is 1. The van der Waals surface area contributed by atoms with Crippen molar-refractivity contribution < 1.29 is 27.9 Å². The van der Waals surface area contributed by atoms with Gasteiger partial charge in [0.05, 0.1) is 5.56 Å². The molecule has 0 bridgehead atoms. The first-order valence-corrected chi connectivity index (χ1v) is 6.85. The Labute approximate surface area is 130 Å². The SMILES string of the molecule is CC(C)(C)CC(C(=O)O)n1cc(CC=O)c(C(F)(F)F)cc1=O. The zero-order valence-electron chi connectivity index (χ0n) is 13.0. The molecule has 0 aromatic carbocycles. The molecule has 0 saturated carbocycles. The minimum Gasteiger partial charge on any atom is -0.480 e. The molecule has 0 aliphatic rings. The van der Waals surface area contributed by atoms with Gasteiger partial charge in [-0.05, 0) is 17.4 Å². The number of aliphatic carboxylic acids is 1. The van der Waals surface area contributed by atoms with Crippen LogP contribution >= 0.6 is 0 Å². The molecule has 1 rings (SSSR count). The topological polar surface area (TPSA) is 76.4 Å². The van der Waals surface area contributed by atoms with E-state index in [0.717, 1.165) is 10.8 Å². The fourth-order valence-electron chi connectivity index (χ4n) is 2.24. The molecule has 1 N–H and O–H groups in total. The van der Waals surface area contributed by atoms with Crippen molar-refractivity contribution in [1.82, 2.24) is 4.57 Å². The molecule has 1 atom stereocenters. The van der Waals surface area contributed by atoms with E-state index in [2.05, 4.69) is 0 Å². The van der Waals surface area contributed by atoms with Crippen molar-refractivity contribution in [2.24, 2.45) is 5.41 Å². The average Bonchev–Trinajstić information content (AvgIpc) is 2.35. The summed E-state index contributed by atoms with van der Waals surface area (Å²) in [7, 11) is 0. The van der Waals surface area contributed by atoms with Crippen molar-refractivity contribution in [3.63, 3.8) is 0 Å². The Kier molecular flexibility index (Phi) is 5.39. The summed E-state index contributed by atoms with van der Waals surface area (Å²) in [4.78, 5) is 34.0. The van der Waals surface area contributed by atoms with Crippen LogP contribution in [0.15, 0.2) is 17.1 Å². The second-order valence-corrected chi connectivity index (χ2v) is 6.45. The molecule has 1 aromatic rings. The minimum atomic E-state index is -4.79. The van der Waals surface area contributed by atoms with Gasteiger partial charge < -0.3 is 14.5 Å². The summed E-state index contributed by atoms with van der Waals surface area (Å²) in [5, 5.41) is 9.31. The molecule has 1 aromatic heterocycles. The number of alkyl halides is 3. The summed E-state index contributed by atoms with van der Waals surface area (Å²) < 4.78 is 39.6. The quantitative estimate of drug-likeness (QED) is 0.841. The van der Waals surface area contributed by atoms with E-state index in [9.17, 15) is 32.7 Å². The summed E-state index contributed by atoms with van der Waals surface area (Å²) >= 11 is 0. The summed E-state index contributed by atoms with van der Waals surface area (Å²) in [5.74, 6) is -1.32. The summed E-state index contributed by atoms with van der Waals surface area (Å²) in [6.07, 6.45) is -4.20. The van der Waals surface area contributed by atoms with Gasteiger partial charge in [0.25, 0.3) is 5.56 Å². The van der Waals surface area contributed by atoms with Crippen LogP contribution in [0.5, 0.6) is 0 Å². The van der Waals surface area contributed by atoms with Crippen molar-refractivity contribution in [3.8, 4) is 0 Å². The molecule has 1 heterocycles. The fourth-order valence-corrected chi connectivity index (χ4v) is 2.24. The highest BCUT2D eigenvalue weighted by Gasteiger charge is 2.35. The third-order valence-corrected chi connectivity index (χ3v) is 3.20. The molecule has 1 unspecified atom stereocenters. The van der Waals surface area contributed by atoms with E-state index in [1.165, 1.54) is 0 Å². The predicted octanol–water partition coefficient (Wildman–Crippen LogP) is 2.67. The first kappa shape index (κ1) is 18.9. The maximum Gasteiger partial charge on any atom is 0.416 e. The predicted molar refractivity (Wildman–Crippen MR) is 76.2 cm³/mol. The lowest BCUT2D eigenvalue weighted by Gasteiger charge is -2.25. The first-order chi connectivity index (χ1) is 10.4. The number of carbonyl (C=O) groups excluding carboxylic acids is 1. The molecule has 23 heavy (non-hydrogen) atoms. The number of nitrogens with zero attached hydrogens (tertiary/aromatic N) is 1. The molecule has 5 nitrogen and oxygen atoms in total. The fraction of sp³-hybridized carbons (Fsp3) is 0.533. The van der Waals surface area contributed by atoms with Crippen LogP contribution in [0.3, 0.4) is 0 Å². The smallest absolute Gasteiger partial charge is 0.416 e. The molecule has 0 radical (unpaired) electrons. The maximum absolute atomic E-state index is 12.9. The standard InChI is InChI=1S/C15H18F3NO4/c1-14(2,3)7-11(13(22)23)19-8-9(4-5-20)10(6-12(19)21)15(16,17)18/h5-6,8,11H,4,7H2,1-3H3,(H,22,23). The molecular weight excluding hydrogens is 315 g/mol. The van der Waals surface area contributed by atoms with Gasteiger partial charge in [-0.3, -0.25) is 4.79 Å². The van der Waals surface area contributed by atoms with Crippen molar-refractivity contribution in [2.45, 2.75) is 45.8 Å². The second-order valence-electron chi connectivity index (χ2n) is 6.45. The van der Waals surface area contributed by atoms with E-state index in [1.54, 1.807) is 20.8 Å². The van der Waals surface area contributed by atoms with Gasteiger partial charge in [-0.2, -0.15) is 13.2 Å². The third kappa shape index (κ3) is 4.94. The number of carbonyl (C=O) groups is 2. The second kappa shape index (κ2) is 6.55. The Morgan fingerprint density at radius 2 is 1.91 bits per heavy atom. The van der Waals surface area contributed by atoms with Crippen LogP contribution in [0.25, 0.3) is 0 Å². The minimum absolute atomic E-state index is 0.0497. The Bertz CT molecular complexity index is 656. The molecule has 0 saturated heterocycles. The van der Waals surface area contributed by atoms with Crippen molar-refractivity contribution in [3.05, 3.63) is 33.7 Å². The zero-order chi connectivity index (χ0) is 18.0. The Morgan fingerprint density at radius 3 is 2.30 bits per heavy atom. The summed E-state index contributed by atoms with van der Waals surface area (Å²) in [5.41, 5.74) is -3.17. The van der Waals surface area contributed by atoms with E-state index in [-0.39, 0.29) is 12.7 Å². The molecule has 0 aliphatic carbocycles. The number of carboxylic acid groups (broad SMARTS) is 1. The number of aromatic nitrogens is 1. The highest BCUT2D eigenvalue weighted by molar-refractivity contribution is 5.72. The third-order valence-electron chi connectivity index (χ3n) is 3.20. The van der Waals surface area contributed by atoms with E-state index < -0.39 is 46.7 Å². The highest BCUT2D eigenvalue weighted by atomic mass is 19.4. The number of pyridine rings is 1. The van der Waals surface area contributed by atoms with Crippen molar-refractivity contribution >= 4 is 12.3 Å². The van der Waals surface area contributed by atoms with Gasteiger partial charge in [-0.25, -0.2) is 4.79 Å². The van der Waals surface area contributed by atoms with Crippen LogP contribution in [0.4, 0.5) is 13.2 Å². The van der Waals surface area contributed by atoms with Gasteiger partial charge in [-0.15, -0.1) is 0 Å². The van der Waals surface area contributed by atoms with E-state index >= 15 is 0 Å². The Morgan fingerprint density at radius 1 is 1.35 bits per heavy atom. The molecule has 8 heteroatoms. The van der Waals surface area contributed by atoms with Crippen LogP contribution < -0.4 is 5.56 Å². The first-order valence-electron chi connectivity index (χ1n) is 6.85. The number of halogens is 3. The van der Waals surface area contributed by atoms with E-state index in [4.69, 9.17) is 0 Å². The van der Waals surface area contributed by atoms with Crippen LogP contribution in [0, 0.1) is 5.41 Å². The van der Waals surface area contributed by atoms with Crippen LogP contribution in [-0.4, -0.2) is 21.9 Å². The number of rotatable bonds is 5. The van der Waals surface area contributed by atoms with Crippen molar-refractivity contribution in [2.75, 3.05) is 0 Å². The lowest BCUT2D eigenvalue weighted by Crippen LogP contribution is -2.33. The number of carboxylic acids is 1. The van der Waals surface area contributed by atoms with Gasteiger partial charge >= 0.3 is 12.1 Å². The molecule has 0 fully saturated rings. The lowest BCUT2D eigenvalue weighted by molar-refractivity contribution is -0.142. The monoisotopic (exact) mass is 333 g/mol. The van der Waals surface area contributed by atoms with Gasteiger partial charge in [0, 0.05) is 18.7 Å². The van der Waals surface area contributed by atoms with Gasteiger partial charge in [0.15, 0.2) is 0 Å². The van der Waals surface area contributed by atoms with Crippen LogP contribution in [-0.2, 0) is 22.2 Å². The Balaban J connectivity index is 3.52. The van der Waals surface area contributed by atoms with E-state index in [1.807, 2.05) is 0 Å². The van der Waals surface area contributed by atoms with Gasteiger partial charge in [0.2, 0.25) is 0 Å². The average molecular weight is 333 g/mol. The van der Waals surface area contributed by atoms with Crippen LogP contribution in [0.2, 0.25) is 0 Å². The summed E-state index contributed by atoms with van der Waals surface area (Å²) in [6.45, 7) is 5.26. The van der Waals surface area contributed by atoms with Crippen LogP contribution in [0.1, 0.15) is 44.4 Å². The molecule has 0 spiro atoms. The van der Waals surface area contributed by atoms with Crippen molar-refractivity contribution in [1.29, 1.82) is 0 Å². The molecular formula is C15H18F3NO4. The summed E-state index contributed by atoms with van der Waals surface area (Å²) in [6, 6.07) is -0.965. The lowest BCUT2D eigenvalue weighted by atomic mass is 9.88. The molecule has 0 amide bonds. The highest BCUT2D eigenvalue weighted by Crippen LogP contribution is 2.32. The largest absolute Gasteiger partial charge is 0.480 e. The Hall–Kier alpha value is -2.12. The number of hydrogen-bond acceptors (Lipinski definition) is 3. The van der Waals surface area contributed by atoms with Gasteiger partial charge in [-0.1, -0.05) is 20.8 Å². The van der Waals surface area contributed by atoms with E-state index in [0.29, 0.717) is 6.07 Å². The zero-order valence-corrected chi connectivity index (χ0v) is 13.0. The molecule has 0 aliphatic heterocycles.